The summed E-state index contributed by atoms with van der Waals surface area (Å²) in [5.41, 5.74) is 1.59. The van der Waals surface area contributed by atoms with Gasteiger partial charge in [0.05, 0.1) is 21.3 Å². The van der Waals surface area contributed by atoms with E-state index in [1.807, 2.05) is 24.3 Å². The lowest BCUT2D eigenvalue weighted by molar-refractivity contribution is -0.132. The number of hydrogen-bond acceptors (Lipinski definition) is 8. The van der Waals surface area contributed by atoms with Gasteiger partial charge in [-0.2, -0.15) is 0 Å². The summed E-state index contributed by atoms with van der Waals surface area (Å²) in [6.45, 7) is 2.90. The summed E-state index contributed by atoms with van der Waals surface area (Å²) >= 11 is 0. The molecule has 0 saturated heterocycles. The largest absolute Gasteiger partial charge is 0.497 e. The van der Waals surface area contributed by atoms with E-state index < -0.39 is 17.5 Å². The van der Waals surface area contributed by atoms with E-state index in [0.29, 0.717) is 33.6 Å². The summed E-state index contributed by atoms with van der Waals surface area (Å²) in [7, 11) is 4.55. The Morgan fingerprint density at radius 2 is 1.65 bits per heavy atom. The monoisotopic (exact) mass is 503 g/mol. The van der Waals surface area contributed by atoms with Crippen molar-refractivity contribution >= 4 is 28.5 Å². The summed E-state index contributed by atoms with van der Waals surface area (Å²) in [4.78, 5) is 37.4. The van der Waals surface area contributed by atoms with Crippen LogP contribution in [0.15, 0.2) is 63.8 Å². The average Bonchev–Trinajstić information content (AvgIpc) is 2.90. The Balaban J connectivity index is 1.72. The minimum absolute atomic E-state index is 0.0575. The molecule has 190 valence electrons. The van der Waals surface area contributed by atoms with Gasteiger partial charge >= 0.3 is 11.6 Å². The maximum atomic E-state index is 13.1. The number of anilines is 1. The molecule has 0 atom stereocenters. The van der Waals surface area contributed by atoms with Crippen molar-refractivity contribution in [1.29, 1.82) is 0 Å². The molecule has 0 radical (unpaired) electrons. The topological polar surface area (TPSA) is 113 Å². The molecule has 1 aromatic heterocycles. The number of carbonyl (C=O) groups excluding carboxylic acids is 2. The summed E-state index contributed by atoms with van der Waals surface area (Å²) < 4.78 is 26.9. The normalized spacial score (nSPS) is 10.6. The molecular weight excluding hydrogens is 478 g/mol. The third-order valence-electron chi connectivity index (χ3n) is 5.72. The van der Waals surface area contributed by atoms with Gasteiger partial charge in [0, 0.05) is 29.0 Å². The van der Waals surface area contributed by atoms with Crippen LogP contribution in [0.3, 0.4) is 0 Å². The lowest BCUT2D eigenvalue weighted by Gasteiger charge is -2.14. The van der Waals surface area contributed by atoms with E-state index in [0.717, 1.165) is 5.56 Å². The molecule has 0 aliphatic carbocycles. The van der Waals surface area contributed by atoms with E-state index in [-0.39, 0.29) is 22.8 Å². The average molecular weight is 504 g/mol. The Morgan fingerprint density at radius 1 is 0.892 bits per heavy atom. The van der Waals surface area contributed by atoms with Gasteiger partial charge in [0.15, 0.2) is 11.5 Å². The molecule has 0 aliphatic heterocycles. The minimum atomic E-state index is -0.760. The van der Waals surface area contributed by atoms with Crippen LogP contribution in [-0.2, 0) is 4.79 Å². The van der Waals surface area contributed by atoms with Crippen LogP contribution < -0.4 is 29.9 Å². The second-order valence-electron chi connectivity index (χ2n) is 8.09. The van der Waals surface area contributed by atoms with Gasteiger partial charge in [-0.1, -0.05) is 12.1 Å². The number of rotatable bonds is 7. The number of hydrogen-bond donors (Lipinski definition) is 1. The van der Waals surface area contributed by atoms with E-state index in [1.165, 1.54) is 20.1 Å². The van der Waals surface area contributed by atoms with Crippen molar-refractivity contribution in [2.75, 3.05) is 26.6 Å². The first-order valence-electron chi connectivity index (χ1n) is 11.2. The number of fused-ring (bicyclic) bond motifs is 1. The molecule has 37 heavy (non-hydrogen) atoms. The zero-order valence-corrected chi connectivity index (χ0v) is 21.0. The fourth-order valence-electron chi connectivity index (χ4n) is 3.95. The van der Waals surface area contributed by atoms with Gasteiger partial charge in [-0.15, -0.1) is 0 Å². The Morgan fingerprint density at radius 3 is 2.32 bits per heavy atom. The van der Waals surface area contributed by atoms with Crippen molar-refractivity contribution in [2.24, 2.45) is 0 Å². The SMILES string of the molecule is COc1cccc(-c2cc(C(=O)Nc3cc4cc(OC)c(OC(C)=O)c(C)c4oc3=O)ccc2OC)c1. The van der Waals surface area contributed by atoms with Gasteiger partial charge in [0.25, 0.3) is 5.91 Å². The highest BCUT2D eigenvalue weighted by atomic mass is 16.6. The molecule has 0 saturated carbocycles. The molecule has 9 nitrogen and oxygen atoms in total. The van der Waals surface area contributed by atoms with Crippen LogP contribution in [0, 0.1) is 6.92 Å². The number of methoxy groups -OCH3 is 3. The number of amides is 1. The molecule has 1 N–H and O–H groups in total. The van der Waals surface area contributed by atoms with Crippen LogP contribution in [0.2, 0.25) is 0 Å². The number of ether oxygens (including phenoxy) is 4. The van der Waals surface area contributed by atoms with Crippen molar-refractivity contribution in [3.05, 3.63) is 76.1 Å². The van der Waals surface area contributed by atoms with E-state index in [2.05, 4.69) is 5.32 Å². The molecule has 0 bridgehead atoms. The lowest BCUT2D eigenvalue weighted by atomic mass is 10.0. The first kappa shape index (κ1) is 25.3. The predicted octanol–water partition coefficient (Wildman–Crippen LogP) is 4.97. The van der Waals surface area contributed by atoms with Crippen molar-refractivity contribution in [3.63, 3.8) is 0 Å². The van der Waals surface area contributed by atoms with E-state index >= 15 is 0 Å². The zero-order chi connectivity index (χ0) is 26.7. The number of nitrogens with one attached hydrogen (secondary N) is 1. The van der Waals surface area contributed by atoms with Crippen LogP contribution in [-0.4, -0.2) is 33.2 Å². The minimum Gasteiger partial charge on any atom is -0.497 e. The van der Waals surface area contributed by atoms with Crippen LogP contribution in [0.25, 0.3) is 22.1 Å². The molecule has 1 heterocycles. The third-order valence-corrected chi connectivity index (χ3v) is 5.72. The van der Waals surface area contributed by atoms with Gasteiger partial charge in [-0.3, -0.25) is 9.59 Å². The quantitative estimate of drug-likeness (QED) is 0.214. The highest BCUT2D eigenvalue weighted by Crippen LogP contribution is 2.37. The van der Waals surface area contributed by atoms with Gasteiger partial charge in [0.2, 0.25) is 0 Å². The van der Waals surface area contributed by atoms with E-state index in [4.69, 9.17) is 23.4 Å². The smallest absolute Gasteiger partial charge is 0.360 e. The number of benzene rings is 3. The Kier molecular flexibility index (Phi) is 7.15. The van der Waals surface area contributed by atoms with Crippen LogP contribution in [0.4, 0.5) is 5.69 Å². The maximum absolute atomic E-state index is 13.1. The summed E-state index contributed by atoms with van der Waals surface area (Å²) in [6, 6.07) is 15.4. The van der Waals surface area contributed by atoms with Gasteiger partial charge in [-0.05, 0) is 55.0 Å². The van der Waals surface area contributed by atoms with Crippen LogP contribution in [0.5, 0.6) is 23.0 Å². The highest BCUT2D eigenvalue weighted by molar-refractivity contribution is 6.06. The number of esters is 1. The van der Waals surface area contributed by atoms with Gasteiger partial charge in [-0.25, -0.2) is 4.79 Å². The second-order valence-corrected chi connectivity index (χ2v) is 8.09. The Bertz CT molecular complexity index is 1570. The van der Waals surface area contributed by atoms with Crippen molar-refractivity contribution in [3.8, 4) is 34.1 Å². The molecule has 4 aromatic rings. The van der Waals surface area contributed by atoms with E-state index in [9.17, 15) is 14.4 Å². The third kappa shape index (κ3) is 5.11. The maximum Gasteiger partial charge on any atom is 0.360 e. The van der Waals surface area contributed by atoms with Gasteiger partial charge < -0.3 is 28.7 Å². The summed E-state index contributed by atoms with van der Waals surface area (Å²) in [6.07, 6.45) is 0. The molecule has 0 aliphatic rings. The fraction of sp³-hybridized carbons (Fsp3) is 0.179. The second kappa shape index (κ2) is 10.4. The van der Waals surface area contributed by atoms with Crippen LogP contribution >= 0.6 is 0 Å². The molecule has 9 heteroatoms. The summed E-state index contributed by atoms with van der Waals surface area (Å²) in [5, 5.41) is 3.10. The molecule has 0 unspecified atom stereocenters. The molecular formula is C28H25NO8. The lowest BCUT2D eigenvalue weighted by Crippen LogP contribution is -2.18. The molecule has 1 amide bonds. The highest BCUT2D eigenvalue weighted by Gasteiger charge is 2.19. The molecule has 3 aromatic carbocycles. The van der Waals surface area contributed by atoms with E-state index in [1.54, 1.807) is 45.4 Å². The first-order chi connectivity index (χ1) is 17.7. The van der Waals surface area contributed by atoms with Crippen molar-refractivity contribution in [1.82, 2.24) is 0 Å². The van der Waals surface area contributed by atoms with Crippen LogP contribution in [0.1, 0.15) is 22.8 Å². The Hall–Kier alpha value is -4.79. The zero-order valence-electron chi connectivity index (χ0n) is 21.0. The standard InChI is InChI=1S/C28H25NO8/c1-15-25-19(14-24(35-5)26(15)36-16(2)30)13-22(28(32)37-25)29-27(31)18-9-10-23(34-4)21(12-18)17-7-6-8-20(11-17)33-3/h6-14H,1-5H3,(H,29,31). The first-order valence-corrected chi connectivity index (χ1v) is 11.2. The Labute approximate surface area is 212 Å². The summed E-state index contributed by atoms with van der Waals surface area (Å²) in [5.74, 6) is 0.612. The van der Waals surface area contributed by atoms with Gasteiger partial charge in [0.1, 0.15) is 22.8 Å². The van der Waals surface area contributed by atoms with Crippen molar-refractivity contribution in [2.45, 2.75) is 13.8 Å². The number of carbonyl (C=O) groups is 2. The van der Waals surface area contributed by atoms with Crippen molar-refractivity contribution < 1.29 is 33.0 Å². The number of aryl methyl sites for hydroxylation is 1. The predicted molar refractivity (Wildman–Crippen MR) is 138 cm³/mol. The fourth-order valence-corrected chi connectivity index (χ4v) is 3.95. The molecule has 4 rings (SSSR count). The molecule has 0 spiro atoms. The molecule has 0 fully saturated rings.